The Labute approximate surface area is 93.2 Å². The molecule has 0 unspecified atom stereocenters. The molecule has 1 aromatic heterocycles. The minimum Gasteiger partial charge on any atom is -0.493 e. The fourth-order valence-corrected chi connectivity index (χ4v) is 1.25. The number of aromatic nitrogens is 2. The molecule has 2 N–H and O–H groups in total. The molecule has 0 spiro atoms. The monoisotopic (exact) mass is 219 g/mol. The van der Waals surface area contributed by atoms with Gasteiger partial charge >= 0.3 is 0 Å². The maximum atomic E-state index is 5.50. The summed E-state index contributed by atoms with van der Waals surface area (Å²) in [6.45, 7) is 0.792. The molecule has 0 saturated heterocycles. The number of hydrogen-bond acceptors (Lipinski definition) is 5. The summed E-state index contributed by atoms with van der Waals surface area (Å²) < 4.78 is 10.4. The third-order valence-corrected chi connectivity index (χ3v) is 2.02. The lowest BCUT2D eigenvalue weighted by atomic mass is 10.3. The molecular weight excluding hydrogens is 206 g/mol. The third-order valence-electron chi connectivity index (χ3n) is 2.02. The van der Waals surface area contributed by atoms with Crippen LogP contribution in [0, 0.1) is 0 Å². The van der Waals surface area contributed by atoms with Crippen molar-refractivity contribution in [3.05, 3.63) is 42.0 Å². The first-order chi connectivity index (χ1) is 7.88. The second kappa shape index (κ2) is 5.27. The van der Waals surface area contributed by atoms with Gasteiger partial charge in [0.15, 0.2) is 5.82 Å². The van der Waals surface area contributed by atoms with Gasteiger partial charge < -0.3 is 15.0 Å². The van der Waals surface area contributed by atoms with Crippen LogP contribution in [0.25, 0.3) is 0 Å². The average molecular weight is 219 g/mol. The summed E-state index contributed by atoms with van der Waals surface area (Å²) in [5.41, 5.74) is 5.36. The van der Waals surface area contributed by atoms with E-state index >= 15 is 0 Å². The Morgan fingerprint density at radius 2 is 2.06 bits per heavy atom. The van der Waals surface area contributed by atoms with Gasteiger partial charge in [-0.3, -0.25) is 0 Å². The van der Waals surface area contributed by atoms with Crippen LogP contribution in [-0.4, -0.2) is 16.7 Å². The molecule has 0 fully saturated rings. The summed E-state index contributed by atoms with van der Waals surface area (Å²) in [6, 6.07) is 9.61. The molecule has 0 amide bonds. The molecule has 2 rings (SSSR count). The third kappa shape index (κ3) is 2.80. The fraction of sp³-hybridized carbons (Fsp3) is 0.273. The summed E-state index contributed by atoms with van der Waals surface area (Å²) in [4.78, 5) is 4.08. The molecule has 5 heteroatoms. The van der Waals surface area contributed by atoms with E-state index in [0.717, 1.165) is 5.75 Å². The summed E-state index contributed by atoms with van der Waals surface area (Å²) >= 11 is 0. The van der Waals surface area contributed by atoms with Crippen molar-refractivity contribution in [2.45, 2.75) is 13.0 Å². The van der Waals surface area contributed by atoms with E-state index in [2.05, 4.69) is 10.1 Å². The van der Waals surface area contributed by atoms with Crippen LogP contribution in [0.5, 0.6) is 5.75 Å². The Balaban J connectivity index is 1.80. The predicted octanol–water partition coefficient (Wildman–Crippen LogP) is 1.15. The molecule has 0 aliphatic carbocycles. The summed E-state index contributed by atoms with van der Waals surface area (Å²) in [5, 5.41) is 3.77. The van der Waals surface area contributed by atoms with Crippen molar-refractivity contribution in [3.63, 3.8) is 0 Å². The van der Waals surface area contributed by atoms with Gasteiger partial charge in [0.25, 0.3) is 0 Å². The molecule has 16 heavy (non-hydrogen) atoms. The number of para-hydroxylation sites is 1. The van der Waals surface area contributed by atoms with Crippen LogP contribution >= 0.6 is 0 Å². The van der Waals surface area contributed by atoms with Gasteiger partial charge in [0, 0.05) is 6.42 Å². The van der Waals surface area contributed by atoms with E-state index in [-0.39, 0.29) is 6.54 Å². The fourth-order valence-electron chi connectivity index (χ4n) is 1.25. The van der Waals surface area contributed by atoms with Crippen molar-refractivity contribution in [2.75, 3.05) is 6.61 Å². The Kier molecular flexibility index (Phi) is 3.50. The van der Waals surface area contributed by atoms with E-state index < -0.39 is 0 Å². The van der Waals surface area contributed by atoms with Crippen molar-refractivity contribution in [1.82, 2.24) is 10.1 Å². The minimum atomic E-state index is 0.270. The Bertz CT molecular complexity index is 428. The molecule has 0 radical (unpaired) electrons. The topological polar surface area (TPSA) is 74.2 Å². The highest BCUT2D eigenvalue weighted by Gasteiger charge is 2.04. The minimum absolute atomic E-state index is 0.270. The normalized spacial score (nSPS) is 10.3. The van der Waals surface area contributed by atoms with Gasteiger partial charge in [-0.25, -0.2) is 0 Å². The van der Waals surface area contributed by atoms with Crippen molar-refractivity contribution in [2.24, 2.45) is 5.73 Å². The molecule has 0 saturated carbocycles. The molecule has 0 aliphatic heterocycles. The Hall–Kier alpha value is -1.88. The zero-order chi connectivity index (χ0) is 11.2. The van der Waals surface area contributed by atoms with E-state index in [0.29, 0.717) is 24.7 Å². The van der Waals surface area contributed by atoms with Crippen LogP contribution in [0.1, 0.15) is 11.7 Å². The maximum Gasteiger partial charge on any atom is 0.240 e. The van der Waals surface area contributed by atoms with Gasteiger partial charge in [-0.15, -0.1) is 0 Å². The standard InChI is InChI=1S/C11H13N3O2/c12-8-11-13-10(14-16-11)6-7-15-9-4-2-1-3-5-9/h1-5H,6-8,12H2. The highest BCUT2D eigenvalue weighted by molar-refractivity contribution is 5.20. The SMILES string of the molecule is NCc1nc(CCOc2ccccc2)no1. The number of hydrogen-bond donors (Lipinski definition) is 1. The van der Waals surface area contributed by atoms with E-state index in [9.17, 15) is 0 Å². The van der Waals surface area contributed by atoms with Crippen molar-refractivity contribution < 1.29 is 9.26 Å². The van der Waals surface area contributed by atoms with Crippen LogP contribution < -0.4 is 10.5 Å². The van der Waals surface area contributed by atoms with Gasteiger partial charge in [0.2, 0.25) is 5.89 Å². The first kappa shape index (κ1) is 10.6. The summed E-state index contributed by atoms with van der Waals surface area (Å²) in [7, 11) is 0. The second-order valence-electron chi connectivity index (χ2n) is 3.22. The Morgan fingerprint density at radius 1 is 1.25 bits per heavy atom. The van der Waals surface area contributed by atoms with E-state index in [1.165, 1.54) is 0 Å². The zero-order valence-corrected chi connectivity index (χ0v) is 8.80. The molecule has 0 bridgehead atoms. The average Bonchev–Trinajstić information content (AvgIpc) is 2.78. The lowest BCUT2D eigenvalue weighted by molar-refractivity contribution is 0.313. The van der Waals surface area contributed by atoms with Crippen LogP contribution in [0.4, 0.5) is 0 Å². The molecule has 1 heterocycles. The van der Waals surface area contributed by atoms with Crippen molar-refractivity contribution >= 4 is 0 Å². The van der Waals surface area contributed by atoms with Crippen molar-refractivity contribution in [1.29, 1.82) is 0 Å². The van der Waals surface area contributed by atoms with Crippen LogP contribution in [-0.2, 0) is 13.0 Å². The smallest absolute Gasteiger partial charge is 0.240 e. The summed E-state index contributed by atoms with van der Waals surface area (Å²) in [6.07, 6.45) is 0.610. The van der Waals surface area contributed by atoms with E-state index in [1.54, 1.807) is 0 Å². The first-order valence-electron chi connectivity index (χ1n) is 5.08. The summed E-state index contributed by atoms with van der Waals surface area (Å²) in [5.74, 6) is 1.91. The van der Waals surface area contributed by atoms with Gasteiger partial charge in [0.1, 0.15) is 5.75 Å². The predicted molar refractivity (Wildman–Crippen MR) is 57.8 cm³/mol. The number of benzene rings is 1. The molecule has 84 valence electrons. The zero-order valence-electron chi connectivity index (χ0n) is 8.80. The van der Waals surface area contributed by atoms with Crippen LogP contribution in [0.2, 0.25) is 0 Å². The lowest BCUT2D eigenvalue weighted by Crippen LogP contribution is -2.03. The quantitative estimate of drug-likeness (QED) is 0.816. The highest BCUT2D eigenvalue weighted by atomic mass is 16.5. The van der Waals surface area contributed by atoms with Crippen LogP contribution in [0.3, 0.4) is 0 Å². The molecular formula is C11H13N3O2. The van der Waals surface area contributed by atoms with Crippen molar-refractivity contribution in [3.8, 4) is 5.75 Å². The molecule has 0 aliphatic rings. The maximum absolute atomic E-state index is 5.50. The van der Waals surface area contributed by atoms with E-state index in [4.69, 9.17) is 15.0 Å². The van der Waals surface area contributed by atoms with Gasteiger partial charge in [0.05, 0.1) is 13.2 Å². The number of nitrogens with two attached hydrogens (primary N) is 1. The molecule has 2 aromatic rings. The number of nitrogens with zero attached hydrogens (tertiary/aromatic N) is 2. The first-order valence-corrected chi connectivity index (χ1v) is 5.08. The molecule has 5 nitrogen and oxygen atoms in total. The largest absolute Gasteiger partial charge is 0.493 e. The number of ether oxygens (including phenoxy) is 1. The van der Waals surface area contributed by atoms with Crippen LogP contribution in [0.15, 0.2) is 34.9 Å². The van der Waals surface area contributed by atoms with Gasteiger partial charge in [-0.2, -0.15) is 4.98 Å². The lowest BCUT2D eigenvalue weighted by Gasteiger charge is -2.02. The number of rotatable bonds is 5. The van der Waals surface area contributed by atoms with Gasteiger partial charge in [-0.1, -0.05) is 23.4 Å². The van der Waals surface area contributed by atoms with E-state index in [1.807, 2.05) is 30.3 Å². The Morgan fingerprint density at radius 3 is 2.75 bits per heavy atom. The van der Waals surface area contributed by atoms with Gasteiger partial charge in [-0.05, 0) is 12.1 Å². The molecule has 0 atom stereocenters. The second-order valence-corrected chi connectivity index (χ2v) is 3.22. The molecule has 1 aromatic carbocycles. The highest BCUT2D eigenvalue weighted by Crippen LogP contribution is 2.08.